The summed E-state index contributed by atoms with van der Waals surface area (Å²) in [5, 5.41) is 9.21. The first-order valence-corrected chi connectivity index (χ1v) is 6.59. The van der Waals surface area contributed by atoms with Gasteiger partial charge in [0, 0.05) is 12.8 Å². The summed E-state index contributed by atoms with van der Waals surface area (Å²) in [5.41, 5.74) is 0. The summed E-state index contributed by atoms with van der Waals surface area (Å²) in [6.45, 7) is 1.76. The second-order valence-corrected chi connectivity index (χ2v) is 5.36. The average molecular weight is 227 g/mol. The molecule has 2 atom stereocenters. The molecule has 84 valence electrons. The Labute approximate surface area is 94.3 Å². The molecule has 1 aliphatic rings. The van der Waals surface area contributed by atoms with Gasteiger partial charge in [-0.2, -0.15) is 11.8 Å². The Kier molecular flexibility index (Phi) is 3.70. The van der Waals surface area contributed by atoms with E-state index < -0.39 is 0 Å². The first-order valence-electron chi connectivity index (χ1n) is 5.43. The number of rotatable bonds is 4. The van der Waals surface area contributed by atoms with Gasteiger partial charge in [-0.25, -0.2) is 4.98 Å². The highest BCUT2D eigenvalue weighted by atomic mass is 32.2. The molecule has 0 radical (unpaired) electrons. The summed E-state index contributed by atoms with van der Waals surface area (Å²) in [4.78, 5) is 4.25. The van der Waals surface area contributed by atoms with Crippen LogP contribution < -0.4 is 0 Å². The van der Waals surface area contributed by atoms with Gasteiger partial charge in [-0.05, 0) is 30.8 Å². The Hall–Kier alpha value is -0.480. The molecule has 1 fully saturated rings. The zero-order valence-corrected chi connectivity index (χ0v) is 9.80. The van der Waals surface area contributed by atoms with E-state index in [1.807, 2.05) is 11.8 Å². The number of aliphatic hydroxyl groups excluding tert-OH is 1. The molecule has 1 aliphatic heterocycles. The van der Waals surface area contributed by atoms with Crippen molar-refractivity contribution in [2.75, 3.05) is 11.5 Å². The van der Waals surface area contributed by atoms with E-state index in [1.165, 1.54) is 17.9 Å². The second kappa shape index (κ2) is 5.03. The van der Waals surface area contributed by atoms with Crippen LogP contribution in [0, 0.1) is 5.92 Å². The minimum atomic E-state index is -0.354. The van der Waals surface area contributed by atoms with Gasteiger partial charge in [-0.3, -0.25) is 0 Å². The molecule has 3 nitrogen and oxygen atoms in total. The maximum Gasteiger partial charge on any atom is 0.194 e. The topological polar surface area (TPSA) is 46.3 Å². The van der Waals surface area contributed by atoms with Crippen LogP contribution in [0.4, 0.5) is 0 Å². The van der Waals surface area contributed by atoms with Gasteiger partial charge in [0.2, 0.25) is 0 Å². The summed E-state index contributed by atoms with van der Waals surface area (Å²) in [7, 11) is 0. The van der Waals surface area contributed by atoms with E-state index in [9.17, 15) is 5.11 Å². The first-order chi connectivity index (χ1) is 7.24. The fourth-order valence-electron chi connectivity index (χ4n) is 1.82. The van der Waals surface area contributed by atoms with Gasteiger partial charge < -0.3 is 9.52 Å². The molecule has 0 aliphatic carbocycles. The fourth-order valence-corrected chi connectivity index (χ4v) is 3.10. The van der Waals surface area contributed by atoms with Crippen molar-refractivity contribution < 1.29 is 9.52 Å². The third-order valence-corrected chi connectivity index (χ3v) is 3.82. The van der Waals surface area contributed by atoms with Crippen molar-refractivity contribution in [1.82, 2.24) is 4.98 Å². The van der Waals surface area contributed by atoms with Crippen molar-refractivity contribution in [2.24, 2.45) is 5.92 Å². The Bertz CT molecular complexity index is 305. The van der Waals surface area contributed by atoms with Gasteiger partial charge in [0.25, 0.3) is 0 Å². The molecule has 2 unspecified atom stereocenters. The quantitative estimate of drug-likeness (QED) is 0.853. The fraction of sp³-hybridized carbons (Fsp3) is 0.727. The Morgan fingerprint density at radius 1 is 1.73 bits per heavy atom. The largest absolute Gasteiger partial charge is 0.446 e. The van der Waals surface area contributed by atoms with E-state index in [4.69, 9.17) is 4.42 Å². The third kappa shape index (κ3) is 3.24. The van der Waals surface area contributed by atoms with Crippen LogP contribution in [0.5, 0.6) is 0 Å². The summed E-state index contributed by atoms with van der Waals surface area (Å²) in [5.74, 6) is 4.86. The number of hydrogen-bond acceptors (Lipinski definition) is 4. The summed E-state index contributed by atoms with van der Waals surface area (Å²) < 4.78 is 5.58. The van der Waals surface area contributed by atoms with Crippen molar-refractivity contribution >= 4 is 11.8 Å². The van der Waals surface area contributed by atoms with Crippen LogP contribution >= 0.6 is 11.8 Å². The summed E-state index contributed by atoms with van der Waals surface area (Å²) in [6.07, 6.45) is 4.18. The van der Waals surface area contributed by atoms with E-state index in [-0.39, 0.29) is 6.10 Å². The predicted octanol–water partition coefficient (Wildman–Crippen LogP) is 1.89. The number of oxazole rings is 1. The maximum absolute atomic E-state index is 9.21. The molecular formula is C11H17NO2S. The van der Waals surface area contributed by atoms with Crippen LogP contribution in [0.1, 0.15) is 25.0 Å². The standard InChI is InChI=1S/C11H17NO2S/c1-8(13)4-10-6-12-11(14-10)5-9-2-3-15-7-9/h6,8-9,13H,2-5,7H2,1H3. The minimum absolute atomic E-state index is 0.354. The maximum atomic E-state index is 9.21. The first kappa shape index (κ1) is 11.0. The zero-order valence-electron chi connectivity index (χ0n) is 8.98. The predicted molar refractivity (Wildman–Crippen MR) is 61.0 cm³/mol. The molecule has 2 rings (SSSR count). The van der Waals surface area contributed by atoms with Crippen molar-refractivity contribution in [2.45, 2.75) is 32.3 Å². The van der Waals surface area contributed by atoms with Crippen molar-refractivity contribution in [1.29, 1.82) is 0 Å². The summed E-state index contributed by atoms with van der Waals surface area (Å²) >= 11 is 2.01. The number of hydrogen-bond donors (Lipinski definition) is 1. The highest BCUT2D eigenvalue weighted by Gasteiger charge is 2.18. The molecule has 1 aromatic rings. The van der Waals surface area contributed by atoms with Gasteiger partial charge in [0.1, 0.15) is 5.76 Å². The molecule has 0 spiro atoms. The molecule has 15 heavy (non-hydrogen) atoms. The van der Waals surface area contributed by atoms with Crippen molar-refractivity contribution in [3.05, 3.63) is 17.8 Å². The Balaban J connectivity index is 1.88. The molecule has 0 saturated carbocycles. The number of thioether (sulfide) groups is 1. The van der Waals surface area contributed by atoms with E-state index in [0.29, 0.717) is 6.42 Å². The SMILES string of the molecule is CC(O)Cc1cnc(CC2CCSC2)o1. The van der Waals surface area contributed by atoms with Crippen LogP contribution in [0.25, 0.3) is 0 Å². The monoisotopic (exact) mass is 227 g/mol. The van der Waals surface area contributed by atoms with Crippen LogP contribution in [0.15, 0.2) is 10.6 Å². The molecule has 1 N–H and O–H groups in total. The van der Waals surface area contributed by atoms with Gasteiger partial charge >= 0.3 is 0 Å². The van der Waals surface area contributed by atoms with Gasteiger partial charge in [-0.1, -0.05) is 0 Å². The smallest absolute Gasteiger partial charge is 0.194 e. The molecule has 0 aromatic carbocycles. The summed E-state index contributed by atoms with van der Waals surface area (Å²) in [6, 6.07) is 0. The van der Waals surface area contributed by atoms with Crippen LogP contribution in [0.2, 0.25) is 0 Å². The minimum Gasteiger partial charge on any atom is -0.446 e. The van der Waals surface area contributed by atoms with E-state index >= 15 is 0 Å². The highest BCUT2D eigenvalue weighted by Crippen LogP contribution is 2.26. The van der Waals surface area contributed by atoms with Crippen molar-refractivity contribution in [3.63, 3.8) is 0 Å². The van der Waals surface area contributed by atoms with E-state index in [2.05, 4.69) is 4.98 Å². The molecule has 0 amide bonds. The Morgan fingerprint density at radius 3 is 3.27 bits per heavy atom. The van der Waals surface area contributed by atoms with Crippen LogP contribution in [-0.4, -0.2) is 27.7 Å². The number of nitrogens with zero attached hydrogens (tertiary/aromatic N) is 1. The molecule has 1 aromatic heterocycles. The van der Waals surface area contributed by atoms with Crippen LogP contribution in [0.3, 0.4) is 0 Å². The lowest BCUT2D eigenvalue weighted by Gasteiger charge is -2.03. The Morgan fingerprint density at radius 2 is 2.60 bits per heavy atom. The lowest BCUT2D eigenvalue weighted by Crippen LogP contribution is -2.03. The normalized spacial score (nSPS) is 23.2. The molecule has 0 bridgehead atoms. The highest BCUT2D eigenvalue weighted by molar-refractivity contribution is 7.99. The van der Waals surface area contributed by atoms with Crippen LogP contribution in [-0.2, 0) is 12.8 Å². The second-order valence-electron chi connectivity index (χ2n) is 4.21. The molecule has 1 saturated heterocycles. The third-order valence-electron chi connectivity index (χ3n) is 2.59. The molecule has 2 heterocycles. The van der Waals surface area contributed by atoms with Gasteiger partial charge in [0.15, 0.2) is 5.89 Å². The zero-order chi connectivity index (χ0) is 10.7. The number of aliphatic hydroxyl groups is 1. The molecular weight excluding hydrogens is 210 g/mol. The van der Waals surface area contributed by atoms with E-state index in [0.717, 1.165) is 24.0 Å². The van der Waals surface area contributed by atoms with Gasteiger partial charge in [0.05, 0.1) is 12.3 Å². The van der Waals surface area contributed by atoms with E-state index in [1.54, 1.807) is 13.1 Å². The van der Waals surface area contributed by atoms with Gasteiger partial charge in [-0.15, -0.1) is 0 Å². The lowest BCUT2D eigenvalue weighted by molar-refractivity contribution is 0.186. The molecule has 4 heteroatoms. The van der Waals surface area contributed by atoms with Crippen molar-refractivity contribution in [3.8, 4) is 0 Å². The number of aromatic nitrogens is 1. The lowest BCUT2D eigenvalue weighted by atomic mass is 10.1. The average Bonchev–Trinajstić information content (AvgIpc) is 2.77.